The molecule has 0 saturated heterocycles. The van der Waals surface area contributed by atoms with Gasteiger partial charge in [0, 0.05) is 16.6 Å². The number of pyridine rings is 1. The molecule has 2 heterocycles. The number of H-pyrrole nitrogens is 1. The number of aromatic nitrogens is 3. The molecule has 1 aromatic carbocycles. The number of benzene rings is 1. The summed E-state index contributed by atoms with van der Waals surface area (Å²) in [5.74, 6) is 0. The van der Waals surface area contributed by atoms with Crippen LogP contribution in [0.4, 0.5) is 13.2 Å². The van der Waals surface area contributed by atoms with E-state index >= 15 is 0 Å². The quantitative estimate of drug-likeness (QED) is 0.588. The fourth-order valence-corrected chi connectivity index (χ4v) is 3.13. The number of hydrogen-bond donors (Lipinski definition) is 1. The summed E-state index contributed by atoms with van der Waals surface area (Å²) in [6.07, 6.45) is -4.70. The van der Waals surface area contributed by atoms with Gasteiger partial charge in [-0.2, -0.15) is 13.2 Å². The third kappa shape index (κ3) is 3.25. The van der Waals surface area contributed by atoms with Crippen LogP contribution >= 0.6 is 28.1 Å². The summed E-state index contributed by atoms with van der Waals surface area (Å²) in [6, 6.07) is 7.61. The largest absolute Gasteiger partial charge is 0.417 e. The van der Waals surface area contributed by atoms with E-state index in [1.165, 1.54) is 4.57 Å². The van der Waals surface area contributed by atoms with Gasteiger partial charge >= 0.3 is 6.18 Å². The second-order valence-corrected chi connectivity index (χ2v) is 6.56. The highest BCUT2D eigenvalue weighted by molar-refractivity contribution is 9.10. The number of rotatable bonds is 2. The molecule has 0 aliphatic carbocycles. The molecule has 0 atom stereocenters. The van der Waals surface area contributed by atoms with Gasteiger partial charge < -0.3 is 4.57 Å². The van der Waals surface area contributed by atoms with Crippen LogP contribution in [0.2, 0.25) is 0 Å². The zero-order chi connectivity index (χ0) is 18.4. The average molecular weight is 430 g/mol. The monoisotopic (exact) mass is 429 g/mol. The van der Waals surface area contributed by atoms with E-state index in [1.807, 2.05) is 0 Å². The molecule has 0 unspecified atom stereocenters. The van der Waals surface area contributed by atoms with Gasteiger partial charge in [0.05, 0.1) is 16.6 Å². The van der Waals surface area contributed by atoms with Crippen LogP contribution in [-0.4, -0.2) is 14.5 Å². The summed E-state index contributed by atoms with van der Waals surface area (Å²) in [6.45, 7) is 2.00. The van der Waals surface area contributed by atoms with Crippen molar-refractivity contribution in [3.8, 4) is 11.3 Å². The predicted octanol–water partition coefficient (Wildman–Crippen LogP) is 4.92. The molecule has 130 valence electrons. The molecule has 4 nitrogen and oxygen atoms in total. The maximum absolute atomic E-state index is 13.6. The minimum atomic E-state index is -4.70. The number of hydrogen-bond acceptors (Lipinski definition) is 3. The standard InChI is InChI=1S/C16H11BrF3N3OS/c1-2-23-13-12(14(24)22-15(23)25)10(16(18,19)20)7-11(21-13)8-3-5-9(17)6-4-8/h3-7H,2H2,1H3,(H,22,24,25). The van der Waals surface area contributed by atoms with E-state index in [0.717, 1.165) is 10.5 Å². The number of nitrogens with one attached hydrogen (secondary N) is 1. The van der Waals surface area contributed by atoms with E-state index in [1.54, 1.807) is 31.2 Å². The van der Waals surface area contributed by atoms with Crippen molar-refractivity contribution in [1.29, 1.82) is 0 Å². The van der Waals surface area contributed by atoms with Gasteiger partial charge in [0.25, 0.3) is 5.56 Å². The molecule has 0 aliphatic heterocycles. The molecule has 0 bridgehead atoms. The van der Waals surface area contributed by atoms with E-state index in [0.29, 0.717) is 5.56 Å². The Morgan fingerprint density at radius 1 is 1.28 bits per heavy atom. The van der Waals surface area contributed by atoms with E-state index in [9.17, 15) is 18.0 Å². The molecule has 3 rings (SSSR count). The number of halogens is 4. The molecule has 0 radical (unpaired) electrons. The second kappa shape index (κ2) is 6.38. The fraction of sp³-hybridized carbons (Fsp3) is 0.188. The van der Waals surface area contributed by atoms with Crippen molar-refractivity contribution in [2.45, 2.75) is 19.6 Å². The lowest BCUT2D eigenvalue weighted by atomic mass is 10.1. The highest BCUT2D eigenvalue weighted by Crippen LogP contribution is 2.35. The Kier molecular flexibility index (Phi) is 4.54. The van der Waals surface area contributed by atoms with Crippen molar-refractivity contribution in [2.24, 2.45) is 0 Å². The van der Waals surface area contributed by atoms with Gasteiger partial charge in [0.1, 0.15) is 5.65 Å². The maximum Gasteiger partial charge on any atom is 0.417 e. The Bertz CT molecular complexity index is 1070. The minimum absolute atomic E-state index is 0.0357. The minimum Gasteiger partial charge on any atom is -0.303 e. The van der Waals surface area contributed by atoms with E-state index < -0.39 is 22.7 Å². The first-order chi connectivity index (χ1) is 11.7. The predicted molar refractivity (Wildman–Crippen MR) is 95.0 cm³/mol. The topological polar surface area (TPSA) is 50.7 Å². The lowest BCUT2D eigenvalue weighted by Gasteiger charge is -2.15. The Labute approximate surface area is 153 Å². The maximum atomic E-state index is 13.6. The van der Waals surface area contributed by atoms with Gasteiger partial charge in [0.15, 0.2) is 4.77 Å². The molecular weight excluding hydrogens is 419 g/mol. The molecule has 9 heteroatoms. The van der Waals surface area contributed by atoms with Crippen molar-refractivity contribution in [3.63, 3.8) is 0 Å². The van der Waals surface area contributed by atoms with Crippen LogP contribution in [0.25, 0.3) is 22.3 Å². The lowest BCUT2D eigenvalue weighted by Crippen LogP contribution is -2.20. The Hall–Kier alpha value is -2.00. The summed E-state index contributed by atoms with van der Waals surface area (Å²) in [7, 11) is 0. The Morgan fingerprint density at radius 2 is 1.92 bits per heavy atom. The molecule has 0 fully saturated rings. The molecule has 25 heavy (non-hydrogen) atoms. The molecule has 0 saturated carbocycles. The van der Waals surface area contributed by atoms with E-state index in [2.05, 4.69) is 25.9 Å². The summed E-state index contributed by atoms with van der Waals surface area (Å²) in [5.41, 5.74) is -1.39. The van der Waals surface area contributed by atoms with Crippen molar-refractivity contribution >= 4 is 39.2 Å². The van der Waals surface area contributed by atoms with Gasteiger partial charge in [-0.3, -0.25) is 9.78 Å². The second-order valence-electron chi connectivity index (χ2n) is 5.26. The molecule has 2 aromatic heterocycles. The van der Waals surface area contributed by atoms with Crippen LogP contribution in [-0.2, 0) is 12.7 Å². The van der Waals surface area contributed by atoms with E-state index in [4.69, 9.17) is 12.2 Å². The van der Waals surface area contributed by atoms with Crippen LogP contribution in [0.5, 0.6) is 0 Å². The first-order valence-electron chi connectivity index (χ1n) is 7.23. The number of aromatic amines is 1. The van der Waals surface area contributed by atoms with Gasteiger partial charge in [-0.15, -0.1) is 0 Å². The highest BCUT2D eigenvalue weighted by Gasteiger charge is 2.35. The first-order valence-corrected chi connectivity index (χ1v) is 8.43. The number of aryl methyl sites for hydroxylation is 1. The van der Waals surface area contributed by atoms with Gasteiger partial charge in [-0.05, 0) is 37.3 Å². The molecule has 0 amide bonds. The van der Waals surface area contributed by atoms with Crippen molar-refractivity contribution < 1.29 is 13.2 Å². The molecule has 3 aromatic rings. The lowest BCUT2D eigenvalue weighted by molar-refractivity contribution is -0.136. The molecular formula is C16H11BrF3N3OS. The summed E-state index contributed by atoms with van der Waals surface area (Å²) in [4.78, 5) is 18.7. The number of fused-ring (bicyclic) bond motifs is 1. The van der Waals surface area contributed by atoms with Crippen LogP contribution in [0, 0.1) is 4.77 Å². The van der Waals surface area contributed by atoms with E-state index in [-0.39, 0.29) is 22.7 Å². The van der Waals surface area contributed by atoms with Crippen LogP contribution in [0.3, 0.4) is 0 Å². The smallest absolute Gasteiger partial charge is 0.303 e. The molecule has 1 N–H and O–H groups in total. The zero-order valence-electron chi connectivity index (χ0n) is 12.8. The van der Waals surface area contributed by atoms with Gasteiger partial charge in [-0.1, -0.05) is 28.1 Å². The third-order valence-corrected chi connectivity index (χ3v) is 4.56. The van der Waals surface area contributed by atoms with Crippen LogP contribution in [0.15, 0.2) is 39.6 Å². The summed E-state index contributed by atoms with van der Waals surface area (Å²) >= 11 is 8.34. The van der Waals surface area contributed by atoms with Crippen LogP contribution in [0.1, 0.15) is 12.5 Å². The van der Waals surface area contributed by atoms with Gasteiger partial charge in [0.2, 0.25) is 0 Å². The Balaban J connectivity index is 2.48. The first kappa shape index (κ1) is 17.8. The summed E-state index contributed by atoms with van der Waals surface area (Å²) in [5, 5.41) is -0.510. The summed E-state index contributed by atoms with van der Waals surface area (Å²) < 4.78 is 42.9. The van der Waals surface area contributed by atoms with Crippen molar-refractivity contribution in [2.75, 3.05) is 0 Å². The highest BCUT2D eigenvalue weighted by atomic mass is 79.9. The Morgan fingerprint density at radius 3 is 2.48 bits per heavy atom. The van der Waals surface area contributed by atoms with Crippen molar-refractivity contribution in [1.82, 2.24) is 14.5 Å². The fourth-order valence-electron chi connectivity index (χ4n) is 2.56. The van der Waals surface area contributed by atoms with Crippen molar-refractivity contribution in [3.05, 3.63) is 55.5 Å². The normalized spacial score (nSPS) is 11.9. The third-order valence-electron chi connectivity index (χ3n) is 3.71. The average Bonchev–Trinajstić information content (AvgIpc) is 2.54. The van der Waals surface area contributed by atoms with Crippen LogP contribution < -0.4 is 5.56 Å². The zero-order valence-corrected chi connectivity index (χ0v) is 15.2. The SMILES string of the molecule is CCn1c(=S)[nH]c(=O)c2c(C(F)(F)F)cc(-c3ccc(Br)cc3)nc21. The number of alkyl halides is 3. The number of nitrogens with zero attached hydrogens (tertiary/aromatic N) is 2. The molecule has 0 aliphatic rings. The molecule has 0 spiro atoms. The van der Waals surface area contributed by atoms with Gasteiger partial charge in [-0.25, -0.2) is 4.98 Å².